The zero-order valence-corrected chi connectivity index (χ0v) is 15.7. The van der Waals surface area contributed by atoms with E-state index in [0.29, 0.717) is 11.3 Å². The summed E-state index contributed by atoms with van der Waals surface area (Å²) in [6.07, 6.45) is 2.96. The number of halogens is 2. The molecule has 28 heavy (non-hydrogen) atoms. The topological polar surface area (TPSA) is 81.0 Å². The van der Waals surface area contributed by atoms with Crippen molar-refractivity contribution >= 4 is 29.3 Å². The molecule has 7 nitrogen and oxygen atoms in total. The second-order valence-electron chi connectivity index (χ2n) is 5.72. The minimum Gasteiger partial charge on any atom is -0.309 e. The zero-order valence-electron chi connectivity index (χ0n) is 14.9. The van der Waals surface area contributed by atoms with Crippen LogP contribution in [0, 0.1) is 0 Å². The first-order chi connectivity index (χ1) is 13.3. The van der Waals surface area contributed by atoms with Gasteiger partial charge < -0.3 is 4.90 Å². The van der Waals surface area contributed by atoms with Crippen molar-refractivity contribution < 1.29 is 18.4 Å². The lowest BCUT2D eigenvalue weighted by atomic mass is 10.3. The van der Waals surface area contributed by atoms with E-state index in [1.807, 2.05) is 0 Å². The number of aromatic nitrogens is 4. The summed E-state index contributed by atoms with van der Waals surface area (Å²) in [6.45, 7) is 1.20. The van der Waals surface area contributed by atoms with Crippen LogP contribution in [0.3, 0.4) is 0 Å². The van der Waals surface area contributed by atoms with E-state index < -0.39 is 17.1 Å². The first-order valence-electron chi connectivity index (χ1n) is 8.08. The number of amides is 1. The molecule has 2 aromatic heterocycles. The number of hydrogen-bond acceptors (Lipinski definition) is 6. The maximum Gasteiger partial charge on any atom is 0.378 e. The molecule has 3 rings (SSSR count). The molecule has 0 saturated carbocycles. The number of thioether (sulfide) groups is 1. The summed E-state index contributed by atoms with van der Waals surface area (Å²) in [4.78, 5) is 29.1. The molecule has 1 aromatic carbocycles. The van der Waals surface area contributed by atoms with Crippen LogP contribution < -0.4 is 4.90 Å². The molecule has 1 amide bonds. The van der Waals surface area contributed by atoms with Gasteiger partial charge in [0, 0.05) is 37.6 Å². The van der Waals surface area contributed by atoms with E-state index in [1.165, 1.54) is 38.5 Å². The Bertz CT molecular complexity index is 996. The smallest absolute Gasteiger partial charge is 0.309 e. The number of alkyl halides is 2. The Morgan fingerprint density at radius 3 is 2.43 bits per heavy atom. The lowest BCUT2D eigenvalue weighted by Crippen LogP contribution is -2.39. The predicted octanol–water partition coefficient (Wildman–Crippen LogP) is 3.35. The van der Waals surface area contributed by atoms with E-state index in [-0.39, 0.29) is 22.7 Å². The van der Waals surface area contributed by atoms with Gasteiger partial charge >= 0.3 is 11.2 Å². The van der Waals surface area contributed by atoms with Crippen molar-refractivity contribution in [3.8, 4) is 11.4 Å². The molecule has 0 aliphatic rings. The molecular weight excluding hydrogens is 388 g/mol. The van der Waals surface area contributed by atoms with Gasteiger partial charge in [0.25, 0.3) is 0 Å². The first-order valence-corrected chi connectivity index (χ1v) is 8.89. The van der Waals surface area contributed by atoms with E-state index >= 15 is 0 Å². The van der Waals surface area contributed by atoms with Gasteiger partial charge in [-0.05, 0) is 36.0 Å². The van der Waals surface area contributed by atoms with Gasteiger partial charge in [0.15, 0.2) is 5.82 Å². The van der Waals surface area contributed by atoms with Crippen molar-refractivity contribution in [2.75, 3.05) is 11.9 Å². The number of anilines is 1. The van der Waals surface area contributed by atoms with E-state index in [2.05, 4.69) is 15.2 Å². The van der Waals surface area contributed by atoms with Crippen molar-refractivity contribution in [2.45, 2.75) is 17.3 Å². The molecule has 0 fully saturated rings. The number of hydrogen-bond donors (Lipinski definition) is 0. The highest BCUT2D eigenvalue weighted by Gasteiger charge is 2.45. The highest BCUT2D eigenvalue weighted by atomic mass is 32.2. The molecule has 0 unspecified atom stereocenters. The number of carbonyl (C=O) groups is 2. The van der Waals surface area contributed by atoms with Gasteiger partial charge in [0.05, 0.1) is 0 Å². The van der Waals surface area contributed by atoms with Crippen LogP contribution in [0.5, 0.6) is 0 Å². The van der Waals surface area contributed by atoms with E-state index in [4.69, 9.17) is 0 Å². The Balaban J connectivity index is 1.91. The molecule has 0 saturated heterocycles. The first kappa shape index (κ1) is 19.6. The minimum atomic E-state index is -3.86. The Morgan fingerprint density at radius 2 is 1.82 bits per heavy atom. The second-order valence-corrected chi connectivity index (χ2v) is 6.80. The second kappa shape index (κ2) is 7.85. The van der Waals surface area contributed by atoms with E-state index in [0.717, 1.165) is 9.47 Å². The van der Waals surface area contributed by atoms with Crippen LogP contribution in [0.4, 0.5) is 14.5 Å². The third-order valence-corrected chi connectivity index (χ3v) is 4.66. The minimum absolute atomic E-state index is 0.0720. The molecule has 0 N–H and O–H groups in total. The normalized spacial score (nSPS) is 11.3. The summed E-state index contributed by atoms with van der Waals surface area (Å²) in [7, 11) is 1.25. The molecule has 10 heteroatoms. The van der Waals surface area contributed by atoms with Gasteiger partial charge in [-0.25, -0.2) is 4.57 Å². The molecule has 0 spiro atoms. The number of carbonyl (C=O) groups excluding carboxylic acids is 2. The monoisotopic (exact) mass is 403 g/mol. The van der Waals surface area contributed by atoms with E-state index in [1.54, 1.807) is 30.3 Å². The molecule has 0 radical (unpaired) electrons. The Kier molecular flexibility index (Phi) is 5.50. The summed E-state index contributed by atoms with van der Waals surface area (Å²) >= 11 is -0.129. The summed E-state index contributed by atoms with van der Waals surface area (Å²) < 4.78 is 30.3. The zero-order chi connectivity index (χ0) is 20.3. The molecule has 3 aromatic rings. The summed E-state index contributed by atoms with van der Waals surface area (Å²) in [5, 5.41) is 3.27. The van der Waals surface area contributed by atoms with Crippen LogP contribution in [0.1, 0.15) is 11.7 Å². The van der Waals surface area contributed by atoms with Crippen LogP contribution in [0.2, 0.25) is 0 Å². The number of benzene rings is 1. The summed E-state index contributed by atoms with van der Waals surface area (Å²) in [5.41, 5.74) is 0.755. The fraction of sp³-hybridized carbons (Fsp3) is 0.167. The predicted molar refractivity (Wildman–Crippen MR) is 100 cm³/mol. The van der Waals surface area contributed by atoms with Gasteiger partial charge in [0.1, 0.15) is 0 Å². The van der Waals surface area contributed by atoms with Crippen LogP contribution in [0.25, 0.3) is 11.4 Å². The molecule has 0 bridgehead atoms. The van der Waals surface area contributed by atoms with Crippen molar-refractivity contribution in [1.29, 1.82) is 0 Å². The fourth-order valence-electron chi connectivity index (χ4n) is 2.42. The van der Waals surface area contributed by atoms with Gasteiger partial charge in [-0.3, -0.25) is 14.6 Å². The average Bonchev–Trinajstić information content (AvgIpc) is 3.11. The average molecular weight is 403 g/mol. The SMILES string of the molecule is CC(=O)n1c(SC(F)(F)C(=O)N(C)c2ccccc2)nnc1-c1cccnc1. The molecule has 0 aliphatic carbocycles. The number of pyridine rings is 1. The maximum absolute atomic E-state index is 14.7. The Morgan fingerprint density at radius 1 is 1.11 bits per heavy atom. The lowest BCUT2D eigenvalue weighted by molar-refractivity contribution is -0.131. The summed E-state index contributed by atoms with van der Waals surface area (Å²) in [6, 6.07) is 11.3. The van der Waals surface area contributed by atoms with Crippen molar-refractivity contribution in [2.24, 2.45) is 0 Å². The van der Waals surface area contributed by atoms with Crippen LogP contribution in [-0.2, 0) is 4.79 Å². The number of nitrogens with zero attached hydrogens (tertiary/aromatic N) is 5. The van der Waals surface area contributed by atoms with Crippen LogP contribution in [0.15, 0.2) is 60.0 Å². The number of para-hydroxylation sites is 1. The molecule has 2 heterocycles. The van der Waals surface area contributed by atoms with Crippen LogP contribution in [-0.4, -0.2) is 43.9 Å². The Hall–Kier alpha value is -3.14. The molecule has 0 atom stereocenters. The lowest BCUT2D eigenvalue weighted by Gasteiger charge is -2.22. The molecular formula is C18H15F2N5O2S. The summed E-state index contributed by atoms with van der Waals surface area (Å²) in [5.74, 6) is -1.93. The van der Waals surface area contributed by atoms with Gasteiger partial charge in [-0.2, -0.15) is 8.78 Å². The molecule has 144 valence electrons. The third kappa shape index (κ3) is 3.91. The third-order valence-electron chi connectivity index (χ3n) is 3.78. The quantitative estimate of drug-likeness (QED) is 0.608. The standard InChI is InChI=1S/C18H15F2N5O2S/c1-12(26)25-15(13-7-6-10-21-11-13)22-23-17(25)28-18(19,20)16(27)24(2)14-8-4-3-5-9-14/h3-11H,1-2H3. The highest BCUT2D eigenvalue weighted by Crippen LogP contribution is 2.38. The number of rotatable bonds is 5. The van der Waals surface area contributed by atoms with E-state index in [9.17, 15) is 18.4 Å². The van der Waals surface area contributed by atoms with Gasteiger partial charge in [-0.1, -0.05) is 18.2 Å². The fourth-order valence-corrected chi connectivity index (χ4v) is 3.27. The van der Waals surface area contributed by atoms with Crippen LogP contribution >= 0.6 is 11.8 Å². The van der Waals surface area contributed by atoms with Crippen molar-refractivity contribution in [3.05, 3.63) is 54.9 Å². The van der Waals surface area contributed by atoms with Gasteiger partial charge in [-0.15, -0.1) is 10.2 Å². The van der Waals surface area contributed by atoms with Crippen molar-refractivity contribution in [3.63, 3.8) is 0 Å². The molecule has 0 aliphatic heterocycles. The Labute approximate surface area is 163 Å². The largest absolute Gasteiger partial charge is 0.378 e. The highest BCUT2D eigenvalue weighted by molar-refractivity contribution is 8.01. The van der Waals surface area contributed by atoms with Crippen molar-refractivity contribution in [1.82, 2.24) is 19.7 Å². The maximum atomic E-state index is 14.7. The van der Waals surface area contributed by atoms with Gasteiger partial charge in [0.2, 0.25) is 11.1 Å².